The first-order valence-corrected chi connectivity index (χ1v) is 9.91. The third kappa shape index (κ3) is 4.76. The van der Waals surface area contributed by atoms with E-state index in [2.05, 4.69) is 5.32 Å². The predicted octanol–water partition coefficient (Wildman–Crippen LogP) is 1.41. The van der Waals surface area contributed by atoms with E-state index in [0.29, 0.717) is 11.1 Å². The van der Waals surface area contributed by atoms with Gasteiger partial charge < -0.3 is 25.0 Å². The molecule has 8 heteroatoms. The van der Waals surface area contributed by atoms with Gasteiger partial charge in [-0.25, -0.2) is 4.79 Å². The number of hydrogen-bond donors (Lipinski definition) is 3. The second kappa shape index (κ2) is 9.55. The second-order valence-electron chi connectivity index (χ2n) is 7.56. The Labute approximate surface area is 181 Å². The van der Waals surface area contributed by atoms with E-state index >= 15 is 0 Å². The minimum absolute atomic E-state index is 0.122. The van der Waals surface area contributed by atoms with E-state index in [0.717, 1.165) is 11.1 Å². The highest BCUT2D eigenvalue weighted by Gasteiger charge is 2.80. The summed E-state index contributed by atoms with van der Waals surface area (Å²) in [5.41, 5.74) is -0.934. The quantitative estimate of drug-likeness (QED) is 0.166. The zero-order chi connectivity index (χ0) is 23.4. The second-order valence-corrected chi connectivity index (χ2v) is 7.56. The molecule has 0 aromatic rings. The number of ether oxygens (including phenoxy) is 2. The van der Waals surface area contributed by atoms with E-state index < -0.39 is 35.1 Å². The highest BCUT2D eigenvalue weighted by molar-refractivity contribution is 6.21. The van der Waals surface area contributed by atoms with Gasteiger partial charge in [0.05, 0.1) is 12.7 Å². The Morgan fingerprint density at radius 3 is 2.29 bits per heavy atom. The zero-order valence-electron chi connectivity index (χ0n) is 18.4. The molecule has 2 heterocycles. The number of rotatable bonds is 9. The standard InChI is InChI=1S/C23H29NO7/c1-6-17(19(27)30-5)13-16(4)14(2)9-7-8-10-15(3)18(26)23-20(31-23)22(29,11-12-25)24-21(23)28/h6-10,13,20,25,29H,11-12H2,1-5H3,(H,24,28)/t20-,22+,23-/m0/s1. The molecule has 168 valence electrons. The first-order valence-electron chi connectivity index (χ1n) is 9.91. The summed E-state index contributed by atoms with van der Waals surface area (Å²) in [5.74, 6) is -1.64. The highest BCUT2D eigenvalue weighted by Crippen LogP contribution is 2.50. The molecule has 2 saturated heterocycles. The van der Waals surface area contributed by atoms with Crippen LogP contribution < -0.4 is 5.32 Å². The summed E-state index contributed by atoms with van der Waals surface area (Å²) in [4.78, 5) is 36.7. The molecule has 0 aliphatic carbocycles. The van der Waals surface area contributed by atoms with Crippen LogP contribution in [0, 0.1) is 0 Å². The van der Waals surface area contributed by atoms with Gasteiger partial charge in [0.1, 0.15) is 0 Å². The summed E-state index contributed by atoms with van der Waals surface area (Å²) < 4.78 is 10.0. The molecule has 0 bridgehead atoms. The molecule has 1 amide bonds. The maximum Gasteiger partial charge on any atom is 0.337 e. The van der Waals surface area contributed by atoms with Gasteiger partial charge in [-0.15, -0.1) is 0 Å². The van der Waals surface area contributed by atoms with Crippen LogP contribution in [-0.4, -0.2) is 59.0 Å². The monoisotopic (exact) mass is 431 g/mol. The number of aliphatic hydroxyl groups is 2. The molecule has 2 aliphatic rings. The fourth-order valence-corrected chi connectivity index (χ4v) is 3.38. The molecule has 0 unspecified atom stereocenters. The van der Waals surface area contributed by atoms with Gasteiger partial charge in [-0.3, -0.25) is 9.59 Å². The average molecular weight is 431 g/mol. The van der Waals surface area contributed by atoms with Crippen LogP contribution in [0.1, 0.15) is 34.1 Å². The molecule has 3 atom stereocenters. The van der Waals surface area contributed by atoms with Gasteiger partial charge in [-0.05, 0) is 50.5 Å². The molecular formula is C23H29NO7. The summed E-state index contributed by atoms with van der Waals surface area (Å²) >= 11 is 0. The Balaban J connectivity index is 2.08. The molecule has 0 saturated carbocycles. The maximum atomic E-state index is 12.8. The number of aliphatic hydroxyl groups excluding tert-OH is 1. The van der Waals surface area contributed by atoms with Gasteiger partial charge in [0, 0.05) is 13.0 Å². The molecule has 8 nitrogen and oxygen atoms in total. The number of carbonyl (C=O) groups is 3. The topological polar surface area (TPSA) is 125 Å². The summed E-state index contributed by atoms with van der Waals surface area (Å²) in [7, 11) is 1.33. The Kier molecular flexibility index (Phi) is 7.54. The lowest BCUT2D eigenvalue weighted by molar-refractivity contribution is -0.138. The molecule has 2 fully saturated rings. The first kappa shape index (κ1) is 24.5. The Hall–Kier alpha value is -2.81. The van der Waals surface area contributed by atoms with Crippen molar-refractivity contribution >= 4 is 17.7 Å². The van der Waals surface area contributed by atoms with E-state index in [4.69, 9.17) is 14.6 Å². The van der Waals surface area contributed by atoms with Crippen LogP contribution in [0.2, 0.25) is 0 Å². The Morgan fingerprint density at radius 1 is 1.16 bits per heavy atom. The van der Waals surface area contributed by atoms with E-state index in [1.807, 2.05) is 19.9 Å². The molecule has 0 radical (unpaired) electrons. The number of carbonyl (C=O) groups excluding carboxylic acids is 3. The first-order chi connectivity index (χ1) is 14.6. The fourth-order valence-electron chi connectivity index (χ4n) is 3.38. The lowest BCUT2D eigenvalue weighted by atomic mass is 9.92. The molecule has 31 heavy (non-hydrogen) atoms. The largest absolute Gasteiger partial charge is 0.465 e. The molecule has 2 aliphatic heterocycles. The van der Waals surface area contributed by atoms with Crippen molar-refractivity contribution in [3.05, 3.63) is 58.7 Å². The molecular weight excluding hydrogens is 402 g/mol. The highest BCUT2D eigenvalue weighted by atomic mass is 16.6. The van der Waals surface area contributed by atoms with E-state index in [9.17, 15) is 19.5 Å². The van der Waals surface area contributed by atoms with Crippen LogP contribution in [0.5, 0.6) is 0 Å². The van der Waals surface area contributed by atoms with Crippen LogP contribution >= 0.6 is 0 Å². The number of fused-ring (bicyclic) bond motifs is 1. The number of methoxy groups -OCH3 is 1. The van der Waals surface area contributed by atoms with Crippen LogP contribution in [0.25, 0.3) is 0 Å². The van der Waals surface area contributed by atoms with E-state index in [-0.39, 0.29) is 13.0 Å². The van der Waals surface area contributed by atoms with Gasteiger partial charge in [0.25, 0.3) is 5.91 Å². The Bertz CT molecular complexity index is 924. The van der Waals surface area contributed by atoms with Crippen molar-refractivity contribution < 1.29 is 34.1 Å². The number of esters is 1. The third-order valence-corrected chi connectivity index (χ3v) is 5.43. The predicted molar refractivity (Wildman–Crippen MR) is 114 cm³/mol. The van der Waals surface area contributed by atoms with Crippen molar-refractivity contribution in [3.63, 3.8) is 0 Å². The number of Topliss-reactive ketones (excluding diaryl/α,β-unsaturated/α-hetero) is 1. The third-order valence-electron chi connectivity index (χ3n) is 5.43. The minimum atomic E-state index is -1.74. The molecule has 2 rings (SSSR count). The number of allylic oxidation sites excluding steroid dienone is 7. The number of nitrogens with one attached hydrogen (secondary N) is 1. The summed E-state index contributed by atoms with van der Waals surface area (Å²) in [6.45, 7) is 6.71. The number of amides is 1. The van der Waals surface area contributed by atoms with Crippen molar-refractivity contribution in [3.8, 4) is 0 Å². The van der Waals surface area contributed by atoms with Crippen LogP contribution in [0.15, 0.2) is 58.7 Å². The van der Waals surface area contributed by atoms with Crippen molar-refractivity contribution in [2.75, 3.05) is 13.7 Å². The Morgan fingerprint density at radius 2 is 1.77 bits per heavy atom. The van der Waals surface area contributed by atoms with Crippen molar-refractivity contribution in [2.24, 2.45) is 0 Å². The van der Waals surface area contributed by atoms with Crippen molar-refractivity contribution in [1.29, 1.82) is 0 Å². The summed E-state index contributed by atoms with van der Waals surface area (Å²) in [6.07, 6.45) is 9.03. The van der Waals surface area contributed by atoms with Gasteiger partial charge in [0.2, 0.25) is 11.4 Å². The molecule has 0 spiro atoms. The van der Waals surface area contributed by atoms with Crippen molar-refractivity contribution in [1.82, 2.24) is 5.32 Å². The van der Waals surface area contributed by atoms with Gasteiger partial charge in [0.15, 0.2) is 11.8 Å². The number of epoxide rings is 1. The van der Waals surface area contributed by atoms with Crippen LogP contribution in [-0.2, 0) is 23.9 Å². The smallest absolute Gasteiger partial charge is 0.337 e. The van der Waals surface area contributed by atoms with Gasteiger partial charge in [-0.2, -0.15) is 0 Å². The van der Waals surface area contributed by atoms with Gasteiger partial charge in [-0.1, -0.05) is 30.4 Å². The summed E-state index contributed by atoms with van der Waals surface area (Å²) in [6, 6.07) is 0. The average Bonchev–Trinajstić information content (AvgIpc) is 3.47. The number of morpholine rings is 1. The maximum absolute atomic E-state index is 12.8. The number of ketones is 1. The van der Waals surface area contributed by atoms with E-state index in [1.165, 1.54) is 7.11 Å². The molecule has 0 aromatic carbocycles. The molecule has 3 N–H and O–H groups in total. The van der Waals surface area contributed by atoms with Crippen LogP contribution in [0.4, 0.5) is 0 Å². The normalized spacial score (nSPS) is 29.1. The van der Waals surface area contributed by atoms with Crippen molar-refractivity contribution in [2.45, 2.75) is 51.5 Å². The van der Waals surface area contributed by atoms with Crippen LogP contribution in [0.3, 0.4) is 0 Å². The fraction of sp³-hybridized carbons (Fsp3) is 0.435. The molecule has 0 aromatic heterocycles. The SMILES string of the molecule is CC=C(C=C(C)C(C)=CC=CC=C(C)C(=O)[C@]12O[C@H]1[C@](O)(CCO)NC2=O)C(=O)OC. The van der Waals surface area contributed by atoms with E-state index in [1.54, 1.807) is 44.2 Å². The lowest BCUT2D eigenvalue weighted by Crippen LogP contribution is -2.48. The summed E-state index contributed by atoms with van der Waals surface area (Å²) in [5, 5.41) is 21.8. The number of hydrogen-bond acceptors (Lipinski definition) is 7. The zero-order valence-corrected chi connectivity index (χ0v) is 18.4. The van der Waals surface area contributed by atoms with Gasteiger partial charge >= 0.3 is 5.97 Å². The lowest BCUT2D eigenvalue weighted by Gasteiger charge is -2.22. The minimum Gasteiger partial charge on any atom is -0.465 e.